The molecule has 0 aliphatic heterocycles. The van der Waals surface area contributed by atoms with Crippen LogP contribution in [0.15, 0.2) is 4.47 Å². The molecule has 0 saturated carbocycles. The average Bonchev–Trinajstić information content (AvgIpc) is 2.66. The molecule has 86 valence electrons. The Kier molecular flexibility index (Phi) is 2.71. The Morgan fingerprint density at radius 2 is 2.06 bits per heavy atom. The minimum Gasteiger partial charge on any atom is -0.381 e. The van der Waals surface area contributed by atoms with Crippen LogP contribution in [0.25, 0.3) is 0 Å². The van der Waals surface area contributed by atoms with Crippen molar-refractivity contribution in [1.82, 2.24) is 24.8 Å². The second-order valence-electron chi connectivity index (χ2n) is 3.69. The predicted molar refractivity (Wildman–Crippen MR) is 63.9 cm³/mol. The fourth-order valence-corrected chi connectivity index (χ4v) is 1.98. The minimum atomic E-state index is 0.468. The lowest BCUT2D eigenvalue weighted by Crippen LogP contribution is -2.09. The summed E-state index contributed by atoms with van der Waals surface area (Å²) in [4.78, 5) is 0. The number of rotatable bonds is 2. The molecule has 0 fully saturated rings. The molecule has 0 bridgehead atoms. The zero-order valence-corrected chi connectivity index (χ0v) is 11.0. The number of anilines is 1. The maximum atomic E-state index is 5.65. The molecule has 0 aromatic carbocycles. The monoisotopic (exact) mass is 284 g/mol. The molecule has 2 aromatic rings. The molecule has 7 heteroatoms. The molecule has 0 amide bonds. The van der Waals surface area contributed by atoms with Crippen molar-refractivity contribution < 1.29 is 0 Å². The highest BCUT2D eigenvalue weighted by Gasteiger charge is 2.13. The molecule has 0 aliphatic rings. The van der Waals surface area contributed by atoms with Crippen molar-refractivity contribution in [2.45, 2.75) is 20.4 Å². The molecule has 2 aromatic heterocycles. The van der Waals surface area contributed by atoms with Gasteiger partial charge in [0.15, 0.2) is 5.82 Å². The lowest BCUT2D eigenvalue weighted by Gasteiger charge is -2.04. The van der Waals surface area contributed by atoms with Crippen molar-refractivity contribution in [3.05, 3.63) is 21.6 Å². The Labute approximate surface area is 102 Å². The van der Waals surface area contributed by atoms with Crippen LogP contribution in [0.5, 0.6) is 0 Å². The molecule has 0 unspecified atom stereocenters. The minimum absolute atomic E-state index is 0.468. The van der Waals surface area contributed by atoms with Gasteiger partial charge >= 0.3 is 0 Å². The van der Waals surface area contributed by atoms with Gasteiger partial charge in [0, 0.05) is 7.05 Å². The normalized spacial score (nSPS) is 11.0. The molecular weight excluding hydrogens is 272 g/mol. The van der Waals surface area contributed by atoms with Gasteiger partial charge < -0.3 is 5.73 Å². The van der Waals surface area contributed by atoms with Crippen LogP contribution < -0.4 is 5.73 Å². The van der Waals surface area contributed by atoms with Crippen LogP contribution >= 0.6 is 15.9 Å². The molecular formula is C9H13BrN6. The van der Waals surface area contributed by atoms with Gasteiger partial charge in [0.25, 0.3) is 0 Å². The summed E-state index contributed by atoms with van der Waals surface area (Å²) in [7, 11) is 1.91. The molecule has 16 heavy (non-hydrogen) atoms. The largest absolute Gasteiger partial charge is 0.381 e. The lowest BCUT2D eigenvalue weighted by molar-refractivity contribution is 0.587. The van der Waals surface area contributed by atoms with E-state index in [1.165, 1.54) is 0 Å². The topological polar surface area (TPSA) is 74.5 Å². The van der Waals surface area contributed by atoms with Crippen LogP contribution in [0.1, 0.15) is 17.1 Å². The first-order valence-electron chi connectivity index (χ1n) is 4.84. The van der Waals surface area contributed by atoms with Crippen LogP contribution in [0.2, 0.25) is 0 Å². The number of hydrogen-bond acceptors (Lipinski definition) is 4. The van der Waals surface area contributed by atoms with Crippen molar-refractivity contribution in [2.75, 3.05) is 5.73 Å². The zero-order chi connectivity index (χ0) is 11.9. The first kappa shape index (κ1) is 11.1. The first-order chi connectivity index (χ1) is 7.50. The van der Waals surface area contributed by atoms with Crippen LogP contribution in [-0.4, -0.2) is 24.8 Å². The molecule has 2 rings (SSSR count). The molecule has 0 atom stereocenters. The summed E-state index contributed by atoms with van der Waals surface area (Å²) in [5.74, 6) is 0.468. The lowest BCUT2D eigenvalue weighted by atomic mass is 10.3. The Hall–Kier alpha value is -1.37. The first-order valence-corrected chi connectivity index (χ1v) is 5.63. The number of nitrogen functional groups attached to an aromatic ring is 1. The zero-order valence-electron chi connectivity index (χ0n) is 9.40. The maximum Gasteiger partial charge on any atom is 0.168 e. The van der Waals surface area contributed by atoms with Crippen molar-refractivity contribution in [3.63, 3.8) is 0 Å². The number of halogens is 1. The fourth-order valence-electron chi connectivity index (χ4n) is 1.52. The van der Waals surface area contributed by atoms with Crippen LogP contribution in [0.4, 0.5) is 5.82 Å². The van der Waals surface area contributed by atoms with Gasteiger partial charge in [-0.3, -0.25) is 4.68 Å². The molecule has 6 nitrogen and oxygen atoms in total. The molecule has 0 radical (unpaired) electrons. The average molecular weight is 285 g/mol. The van der Waals surface area contributed by atoms with Gasteiger partial charge in [0.2, 0.25) is 0 Å². The molecule has 0 saturated heterocycles. The van der Waals surface area contributed by atoms with E-state index in [1.807, 2.05) is 25.6 Å². The van der Waals surface area contributed by atoms with Gasteiger partial charge in [-0.05, 0) is 29.8 Å². The van der Waals surface area contributed by atoms with E-state index in [4.69, 9.17) is 5.73 Å². The highest BCUT2D eigenvalue weighted by atomic mass is 79.9. The Morgan fingerprint density at radius 1 is 1.38 bits per heavy atom. The van der Waals surface area contributed by atoms with E-state index in [-0.39, 0.29) is 0 Å². The number of hydrogen-bond donors (Lipinski definition) is 1. The molecule has 0 spiro atoms. The SMILES string of the molecule is Cc1nn(C)c(Cn2nnc(N)c2C)c1Br. The molecule has 2 N–H and O–H groups in total. The molecule has 2 heterocycles. The second kappa shape index (κ2) is 3.89. The van der Waals surface area contributed by atoms with Gasteiger partial charge in [-0.1, -0.05) is 5.21 Å². The van der Waals surface area contributed by atoms with Gasteiger partial charge in [-0.25, -0.2) is 4.68 Å². The van der Waals surface area contributed by atoms with E-state index in [1.54, 1.807) is 4.68 Å². The number of aromatic nitrogens is 5. The van der Waals surface area contributed by atoms with Gasteiger partial charge in [0.05, 0.1) is 28.1 Å². The smallest absolute Gasteiger partial charge is 0.168 e. The van der Waals surface area contributed by atoms with E-state index in [2.05, 4.69) is 31.3 Å². The molecule has 0 aliphatic carbocycles. The van der Waals surface area contributed by atoms with E-state index in [9.17, 15) is 0 Å². The summed E-state index contributed by atoms with van der Waals surface area (Å²) >= 11 is 3.51. The van der Waals surface area contributed by atoms with Crippen molar-refractivity contribution >= 4 is 21.7 Å². The Bertz CT molecular complexity index is 526. The number of nitrogens with zero attached hydrogens (tertiary/aromatic N) is 5. The van der Waals surface area contributed by atoms with E-state index < -0.39 is 0 Å². The van der Waals surface area contributed by atoms with Crippen LogP contribution in [-0.2, 0) is 13.6 Å². The van der Waals surface area contributed by atoms with E-state index in [0.29, 0.717) is 12.4 Å². The second-order valence-corrected chi connectivity index (χ2v) is 4.48. The summed E-state index contributed by atoms with van der Waals surface area (Å²) in [6.07, 6.45) is 0. The summed E-state index contributed by atoms with van der Waals surface area (Å²) < 4.78 is 4.59. The van der Waals surface area contributed by atoms with E-state index >= 15 is 0 Å². The van der Waals surface area contributed by atoms with Crippen LogP contribution in [0.3, 0.4) is 0 Å². The van der Waals surface area contributed by atoms with Gasteiger partial charge in [-0.15, -0.1) is 5.10 Å². The summed E-state index contributed by atoms with van der Waals surface area (Å²) in [6.45, 7) is 4.45. The van der Waals surface area contributed by atoms with Crippen molar-refractivity contribution in [3.8, 4) is 0 Å². The highest BCUT2D eigenvalue weighted by molar-refractivity contribution is 9.10. The standard InChI is InChI=1S/C9H13BrN6/c1-5-8(10)7(15(3)13-5)4-16-6(2)9(11)12-14-16/h4,11H2,1-3H3. The number of aryl methyl sites for hydroxylation is 2. The fraction of sp³-hybridized carbons (Fsp3) is 0.444. The Balaban J connectivity index is 2.37. The van der Waals surface area contributed by atoms with Crippen molar-refractivity contribution in [1.29, 1.82) is 0 Å². The third-order valence-corrected chi connectivity index (χ3v) is 3.61. The third kappa shape index (κ3) is 1.71. The van der Waals surface area contributed by atoms with Gasteiger partial charge in [0.1, 0.15) is 0 Å². The predicted octanol–water partition coefficient (Wildman–Crippen LogP) is 1.02. The number of nitrogens with two attached hydrogens (primary N) is 1. The summed E-state index contributed by atoms with van der Waals surface area (Å²) in [5.41, 5.74) is 8.52. The quantitative estimate of drug-likeness (QED) is 0.894. The summed E-state index contributed by atoms with van der Waals surface area (Å²) in [5, 5.41) is 12.1. The van der Waals surface area contributed by atoms with E-state index in [0.717, 1.165) is 21.6 Å². The van der Waals surface area contributed by atoms with Crippen LogP contribution in [0, 0.1) is 13.8 Å². The maximum absolute atomic E-state index is 5.65. The highest BCUT2D eigenvalue weighted by Crippen LogP contribution is 2.21. The van der Waals surface area contributed by atoms with Gasteiger partial charge in [-0.2, -0.15) is 5.10 Å². The summed E-state index contributed by atoms with van der Waals surface area (Å²) in [6, 6.07) is 0. The van der Waals surface area contributed by atoms with Crippen molar-refractivity contribution in [2.24, 2.45) is 7.05 Å². The third-order valence-electron chi connectivity index (χ3n) is 2.58. The Morgan fingerprint density at radius 3 is 2.50 bits per heavy atom.